The lowest BCUT2D eigenvalue weighted by Crippen LogP contribution is -1.98. The summed E-state index contributed by atoms with van der Waals surface area (Å²) in [5.41, 5.74) is 0.304. The van der Waals surface area contributed by atoms with Gasteiger partial charge in [-0.1, -0.05) is 23.2 Å². The minimum absolute atomic E-state index is 0.216. The van der Waals surface area contributed by atoms with Crippen molar-refractivity contribution in [2.24, 2.45) is 0 Å². The summed E-state index contributed by atoms with van der Waals surface area (Å²) in [6.07, 6.45) is 1.09. The molecule has 1 aromatic heterocycles. The number of aromatic nitrogens is 2. The van der Waals surface area contributed by atoms with Crippen LogP contribution in [0.4, 0.5) is 5.69 Å². The minimum Gasteiger partial charge on any atom is -0.434 e. The third-order valence-corrected chi connectivity index (χ3v) is 2.97. The molecule has 2 aromatic rings. The minimum atomic E-state index is -0.694. The van der Waals surface area contributed by atoms with E-state index >= 15 is 0 Å². The van der Waals surface area contributed by atoms with Crippen molar-refractivity contribution < 1.29 is 9.66 Å². The van der Waals surface area contributed by atoms with E-state index in [1.54, 1.807) is 25.1 Å². The molecule has 0 saturated carbocycles. The fraction of sp³-hybridized carbons (Fsp3) is 0.0909. The molecule has 0 unspecified atom stereocenters. The normalized spacial score (nSPS) is 10.3. The van der Waals surface area contributed by atoms with Crippen LogP contribution in [0.5, 0.6) is 11.6 Å². The second-order valence-corrected chi connectivity index (χ2v) is 4.35. The smallest absolute Gasteiger partial charge is 0.368 e. The second kappa shape index (κ2) is 5.38. The molecule has 98 valence electrons. The third kappa shape index (κ3) is 2.91. The second-order valence-electron chi connectivity index (χ2n) is 3.59. The van der Waals surface area contributed by atoms with Gasteiger partial charge in [-0.2, -0.15) is 4.98 Å². The highest BCUT2D eigenvalue weighted by molar-refractivity contribution is 6.31. The molecule has 0 bridgehead atoms. The number of hydrogen-bond acceptors (Lipinski definition) is 5. The van der Waals surface area contributed by atoms with Gasteiger partial charge >= 0.3 is 11.6 Å². The van der Waals surface area contributed by atoms with Gasteiger partial charge in [-0.05, 0) is 30.7 Å². The van der Waals surface area contributed by atoms with Crippen LogP contribution in [-0.2, 0) is 0 Å². The predicted octanol–water partition coefficient (Wildman–Crippen LogP) is 3.79. The van der Waals surface area contributed by atoms with Crippen molar-refractivity contribution in [3.63, 3.8) is 0 Å². The summed E-state index contributed by atoms with van der Waals surface area (Å²) in [6.45, 7) is 1.79. The van der Waals surface area contributed by atoms with Gasteiger partial charge in [0.2, 0.25) is 5.15 Å². The Morgan fingerprint density at radius 1 is 1.32 bits per heavy atom. The fourth-order valence-corrected chi connectivity index (χ4v) is 1.67. The van der Waals surface area contributed by atoms with E-state index < -0.39 is 10.6 Å². The van der Waals surface area contributed by atoms with Gasteiger partial charge in [-0.25, -0.2) is 4.98 Å². The van der Waals surface area contributed by atoms with Crippen molar-refractivity contribution in [1.29, 1.82) is 0 Å². The molecule has 19 heavy (non-hydrogen) atoms. The summed E-state index contributed by atoms with van der Waals surface area (Å²) in [4.78, 5) is 17.5. The Kier molecular flexibility index (Phi) is 3.82. The maximum absolute atomic E-state index is 10.9. The lowest BCUT2D eigenvalue weighted by molar-refractivity contribution is -0.386. The lowest BCUT2D eigenvalue weighted by atomic mass is 10.2. The highest BCUT2D eigenvalue weighted by Gasteiger charge is 2.23. The Morgan fingerprint density at radius 2 is 2.05 bits per heavy atom. The average molecular weight is 300 g/mol. The first kappa shape index (κ1) is 13.5. The molecule has 1 aromatic carbocycles. The number of ether oxygens (including phenoxy) is 1. The number of nitro groups is 1. The quantitative estimate of drug-likeness (QED) is 0.489. The summed E-state index contributed by atoms with van der Waals surface area (Å²) in [6, 6.07) is 4.85. The van der Waals surface area contributed by atoms with Crippen LogP contribution in [0.2, 0.25) is 10.2 Å². The molecule has 0 aliphatic rings. The lowest BCUT2D eigenvalue weighted by Gasteiger charge is -2.06. The van der Waals surface area contributed by atoms with Crippen LogP contribution in [0.15, 0.2) is 24.5 Å². The Morgan fingerprint density at radius 3 is 2.68 bits per heavy atom. The number of nitrogens with zero attached hydrogens (tertiary/aromatic N) is 3. The fourth-order valence-electron chi connectivity index (χ4n) is 1.36. The van der Waals surface area contributed by atoms with E-state index in [9.17, 15) is 10.1 Å². The van der Waals surface area contributed by atoms with Gasteiger partial charge in [0.15, 0.2) is 0 Å². The molecule has 8 heteroatoms. The molecule has 0 fully saturated rings. The van der Waals surface area contributed by atoms with E-state index in [1.165, 1.54) is 0 Å². The van der Waals surface area contributed by atoms with Crippen LogP contribution in [0, 0.1) is 17.0 Å². The maximum atomic E-state index is 10.9. The topological polar surface area (TPSA) is 78.2 Å². The van der Waals surface area contributed by atoms with Crippen LogP contribution < -0.4 is 4.74 Å². The monoisotopic (exact) mass is 299 g/mol. The van der Waals surface area contributed by atoms with Gasteiger partial charge in [-0.3, -0.25) is 10.1 Å². The summed E-state index contributed by atoms with van der Waals surface area (Å²) in [5.74, 6) is 0.159. The standard InChI is InChI=1S/C11H7Cl2N3O3/c1-6-4-7(2-3-8(6)12)19-11-9(16(17)18)10(13)14-5-15-11/h2-5H,1H3. The van der Waals surface area contributed by atoms with Crippen LogP contribution >= 0.6 is 23.2 Å². The molecule has 0 amide bonds. The van der Waals surface area contributed by atoms with E-state index in [0.717, 1.165) is 11.9 Å². The average Bonchev–Trinajstić information content (AvgIpc) is 2.33. The highest BCUT2D eigenvalue weighted by Crippen LogP contribution is 2.34. The van der Waals surface area contributed by atoms with Crippen molar-refractivity contribution >= 4 is 28.9 Å². The van der Waals surface area contributed by atoms with E-state index in [0.29, 0.717) is 10.8 Å². The van der Waals surface area contributed by atoms with Crippen LogP contribution in [0.1, 0.15) is 5.56 Å². The van der Waals surface area contributed by atoms with Crippen LogP contribution in [-0.4, -0.2) is 14.9 Å². The van der Waals surface area contributed by atoms with E-state index in [2.05, 4.69) is 9.97 Å². The molecule has 0 aliphatic heterocycles. The molecule has 0 spiro atoms. The summed E-state index contributed by atoms with van der Waals surface area (Å²) in [7, 11) is 0. The van der Waals surface area contributed by atoms with Crippen molar-refractivity contribution in [1.82, 2.24) is 9.97 Å². The number of aryl methyl sites for hydroxylation is 1. The number of rotatable bonds is 3. The first-order chi connectivity index (χ1) is 8.99. The maximum Gasteiger partial charge on any atom is 0.368 e. The van der Waals surface area contributed by atoms with Gasteiger partial charge in [0.25, 0.3) is 0 Å². The highest BCUT2D eigenvalue weighted by atomic mass is 35.5. The summed E-state index contributed by atoms with van der Waals surface area (Å²) in [5, 5.41) is 11.2. The molecule has 2 rings (SSSR count). The Balaban J connectivity index is 2.40. The largest absolute Gasteiger partial charge is 0.434 e. The first-order valence-electron chi connectivity index (χ1n) is 5.08. The molecular weight excluding hydrogens is 293 g/mol. The van der Waals surface area contributed by atoms with Gasteiger partial charge in [-0.15, -0.1) is 0 Å². The zero-order valence-corrected chi connectivity index (χ0v) is 11.1. The molecule has 1 heterocycles. The molecule has 0 radical (unpaired) electrons. The number of halogens is 2. The van der Waals surface area contributed by atoms with Crippen molar-refractivity contribution in [3.05, 3.63) is 50.4 Å². The number of hydrogen-bond donors (Lipinski definition) is 0. The van der Waals surface area contributed by atoms with E-state index in [1.807, 2.05) is 0 Å². The zero-order valence-electron chi connectivity index (χ0n) is 9.63. The van der Waals surface area contributed by atoms with Gasteiger partial charge in [0.05, 0.1) is 4.92 Å². The molecule has 6 nitrogen and oxygen atoms in total. The molecular formula is C11H7Cl2N3O3. The predicted molar refractivity (Wildman–Crippen MR) is 70.0 cm³/mol. The summed E-state index contributed by atoms with van der Waals surface area (Å²) >= 11 is 11.5. The first-order valence-corrected chi connectivity index (χ1v) is 5.83. The Labute approximate surface area is 118 Å². The molecule has 0 N–H and O–H groups in total. The molecule has 0 atom stereocenters. The summed E-state index contributed by atoms with van der Waals surface area (Å²) < 4.78 is 5.35. The SMILES string of the molecule is Cc1cc(Oc2ncnc(Cl)c2[N+](=O)[O-])ccc1Cl. The van der Waals surface area contributed by atoms with Crippen LogP contribution in [0.3, 0.4) is 0 Å². The molecule has 0 saturated heterocycles. The van der Waals surface area contributed by atoms with Crippen molar-refractivity contribution in [3.8, 4) is 11.6 Å². The van der Waals surface area contributed by atoms with Crippen LogP contribution in [0.25, 0.3) is 0 Å². The van der Waals surface area contributed by atoms with E-state index in [4.69, 9.17) is 27.9 Å². The zero-order chi connectivity index (χ0) is 14.0. The molecule has 0 aliphatic carbocycles. The van der Waals surface area contributed by atoms with Gasteiger partial charge < -0.3 is 4.74 Å². The third-order valence-electron chi connectivity index (χ3n) is 2.27. The van der Waals surface area contributed by atoms with Gasteiger partial charge in [0, 0.05) is 5.02 Å². The van der Waals surface area contributed by atoms with E-state index in [-0.39, 0.29) is 11.0 Å². The Bertz CT molecular complexity index is 649. The van der Waals surface area contributed by atoms with Crippen molar-refractivity contribution in [2.45, 2.75) is 6.92 Å². The number of benzene rings is 1. The van der Waals surface area contributed by atoms with Crippen molar-refractivity contribution in [2.75, 3.05) is 0 Å². The Hall–Kier alpha value is -1.92. The van der Waals surface area contributed by atoms with Gasteiger partial charge in [0.1, 0.15) is 12.1 Å².